The molecule has 5 rings (SSSR count). The fourth-order valence-corrected chi connectivity index (χ4v) is 10.4. The highest BCUT2D eigenvalue weighted by Crippen LogP contribution is 2.70. The van der Waals surface area contributed by atoms with Gasteiger partial charge in [0.15, 0.2) is 0 Å². The standard InChI is InChI=1S/C29H51NO2/c1-18(17-30(5)6)7-10-25-19(2)27-26(32-25)16-24-22-9-8-20-15-21(31)11-13-28(20,3)23(22)12-14-29(24,27)4/h18-27,31H,7-17H2,1-6H3/t18-,19-,20?,21+,22?,23?,24?,25?,26?,27?,28+,29+/m1/s1. The molecule has 1 N–H and O–H groups in total. The zero-order valence-corrected chi connectivity index (χ0v) is 21.9. The van der Waals surface area contributed by atoms with E-state index in [-0.39, 0.29) is 6.10 Å². The maximum Gasteiger partial charge on any atom is 0.0618 e. The zero-order chi connectivity index (χ0) is 22.8. The van der Waals surface area contributed by atoms with Crippen molar-refractivity contribution in [3.05, 3.63) is 0 Å². The van der Waals surface area contributed by atoms with Crippen molar-refractivity contribution in [3.8, 4) is 0 Å². The van der Waals surface area contributed by atoms with Crippen LogP contribution in [0.15, 0.2) is 0 Å². The lowest BCUT2D eigenvalue weighted by Gasteiger charge is -2.61. The Balaban J connectivity index is 1.27. The lowest BCUT2D eigenvalue weighted by molar-refractivity contribution is -0.130. The van der Waals surface area contributed by atoms with Gasteiger partial charge in [-0.3, -0.25) is 0 Å². The molecule has 4 saturated carbocycles. The summed E-state index contributed by atoms with van der Waals surface area (Å²) in [6.07, 6.45) is 13.8. The van der Waals surface area contributed by atoms with Crippen molar-refractivity contribution in [1.82, 2.24) is 4.90 Å². The van der Waals surface area contributed by atoms with Gasteiger partial charge < -0.3 is 14.7 Å². The summed E-state index contributed by atoms with van der Waals surface area (Å²) in [6.45, 7) is 11.4. The Morgan fingerprint density at radius 3 is 2.50 bits per heavy atom. The SMILES string of the molecule is C[C@H](CCC1OC2CC3C4CCC5C[C@@H](O)CC[C@]5(C)C4CC[C@]3(C)C2[C@@H]1C)CN(C)C. The smallest absolute Gasteiger partial charge is 0.0618 e. The first kappa shape index (κ1) is 23.6. The van der Waals surface area contributed by atoms with Crippen LogP contribution < -0.4 is 0 Å². The number of fused-ring (bicyclic) bond motifs is 7. The summed E-state index contributed by atoms with van der Waals surface area (Å²) in [6, 6.07) is 0. The molecule has 7 unspecified atom stereocenters. The lowest BCUT2D eigenvalue weighted by Crippen LogP contribution is -2.54. The molecular weight excluding hydrogens is 394 g/mol. The third-order valence-corrected chi connectivity index (χ3v) is 11.8. The van der Waals surface area contributed by atoms with Crippen LogP contribution in [0.3, 0.4) is 0 Å². The molecule has 3 nitrogen and oxygen atoms in total. The molecule has 0 radical (unpaired) electrons. The Morgan fingerprint density at radius 1 is 1.00 bits per heavy atom. The number of aliphatic hydroxyl groups excluding tert-OH is 1. The molecule has 12 atom stereocenters. The van der Waals surface area contributed by atoms with Crippen molar-refractivity contribution in [2.75, 3.05) is 20.6 Å². The maximum atomic E-state index is 10.3. The summed E-state index contributed by atoms with van der Waals surface area (Å²) in [7, 11) is 4.38. The molecule has 3 heteroatoms. The molecule has 1 aliphatic heterocycles. The van der Waals surface area contributed by atoms with Gasteiger partial charge in [0.25, 0.3) is 0 Å². The van der Waals surface area contributed by atoms with Gasteiger partial charge in [0.2, 0.25) is 0 Å². The number of hydrogen-bond donors (Lipinski definition) is 1. The Kier molecular flexibility index (Phi) is 6.29. The van der Waals surface area contributed by atoms with Crippen LogP contribution in [-0.4, -0.2) is 49.0 Å². The molecule has 1 saturated heterocycles. The molecule has 0 bridgehead atoms. The first-order valence-corrected chi connectivity index (χ1v) is 14.1. The number of aliphatic hydroxyl groups is 1. The Bertz CT molecular complexity index is 680. The van der Waals surface area contributed by atoms with E-state index in [9.17, 15) is 5.11 Å². The summed E-state index contributed by atoms with van der Waals surface area (Å²) in [4.78, 5) is 2.32. The van der Waals surface area contributed by atoms with Crippen molar-refractivity contribution in [2.45, 2.75) is 110 Å². The summed E-state index contributed by atoms with van der Waals surface area (Å²) in [5.74, 6) is 5.69. The average molecular weight is 446 g/mol. The second-order valence-electron chi connectivity index (χ2n) is 13.9. The van der Waals surface area contributed by atoms with Crippen LogP contribution in [0.1, 0.15) is 91.9 Å². The van der Waals surface area contributed by atoms with E-state index in [0.717, 1.165) is 54.3 Å². The topological polar surface area (TPSA) is 32.7 Å². The van der Waals surface area contributed by atoms with Crippen LogP contribution in [0, 0.1) is 52.3 Å². The zero-order valence-electron chi connectivity index (χ0n) is 21.9. The summed E-state index contributed by atoms with van der Waals surface area (Å²) in [5, 5.41) is 10.3. The molecule has 0 aromatic rings. The quantitative estimate of drug-likeness (QED) is 0.563. The van der Waals surface area contributed by atoms with Crippen LogP contribution in [0.25, 0.3) is 0 Å². The second-order valence-corrected chi connectivity index (χ2v) is 13.9. The molecule has 1 heterocycles. The van der Waals surface area contributed by atoms with Crippen molar-refractivity contribution in [1.29, 1.82) is 0 Å². The van der Waals surface area contributed by atoms with Crippen LogP contribution in [0.4, 0.5) is 0 Å². The molecule has 4 aliphatic carbocycles. The van der Waals surface area contributed by atoms with Gasteiger partial charge in [-0.2, -0.15) is 0 Å². The summed E-state index contributed by atoms with van der Waals surface area (Å²) >= 11 is 0. The van der Waals surface area contributed by atoms with E-state index < -0.39 is 0 Å². The highest BCUT2D eigenvalue weighted by atomic mass is 16.5. The fourth-order valence-electron chi connectivity index (χ4n) is 10.4. The van der Waals surface area contributed by atoms with E-state index in [4.69, 9.17) is 4.74 Å². The number of ether oxygens (including phenoxy) is 1. The normalized spacial score (nSPS) is 53.4. The van der Waals surface area contributed by atoms with Gasteiger partial charge in [0.1, 0.15) is 0 Å². The van der Waals surface area contributed by atoms with E-state index in [0.29, 0.717) is 23.0 Å². The monoisotopic (exact) mass is 445 g/mol. The molecule has 0 aromatic carbocycles. The number of rotatable bonds is 5. The maximum absolute atomic E-state index is 10.3. The van der Waals surface area contributed by atoms with Crippen LogP contribution in [-0.2, 0) is 4.74 Å². The molecule has 0 aromatic heterocycles. The van der Waals surface area contributed by atoms with Crippen molar-refractivity contribution in [3.63, 3.8) is 0 Å². The first-order valence-electron chi connectivity index (χ1n) is 14.1. The minimum absolute atomic E-state index is 0.0315. The predicted octanol–water partition coefficient (Wildman–Crippen LogP) is 6.00. The van der Waals surface area contributed by atoms with Gasteiger partial charge >= 0.3 is 0 Å². The predicted molar refractivity (Wildman–Crippen MR) is 131 cm³/mol. The fraction of sp³-hybridized carbons (Fsp3) is 1.00. The van der Waals surface area contributed by atoms with E-state index in [2.05, 4.69) is 46.7 Å². The molecule has 184 valence electrons. The highest BCUT2D eigenvalue weighted by Gasteiger charge is 2.65. The van der Waals surface area contributed by atoms with Gasteiger partial charge in [0.05, 0.1) is 18.3 Å². The molecule has 5 aliphatic rings. The minimum Gasteiger partial charge on any atom is -0.393 e. The van der Waals surface area contributed by atoms with Gasteiger partial charge in [0, 0.05) is 6.54 Å². The van der Waals surface area contributed by atoms with E-state index in [1.54, 1.807) is 0 Å². The van der Waals surface area contributed by atoms with Gasteiger partial charge in [-0.25, -0.2) is 0 Å². The highest BCUT2D eigenvalue weighted by molar-refractivity contribution is 5.14. The number of hydrogen-bond acceptors (Lipinski definition) is 3. The van der Waals surface area contributed by atoms with Crippen molar-refractivity contribution >= 4 is 0 Å². The summed E-state index contributed by atoms with van der Waals surface area (Å²) in [5.41, 5.74) is 0.978. The number of nitrogens with zero attached hydrogens (tertiary/aromatic N) is 1. The molecular formula is C29H51NO2. The van der Waals surface area contributed by atoms with Crippen molar-refractivity contribution < 1.29 is 9.84 Å². The van der Waals surface area contributed by atoms with Crippen LogP contribution in [0.5, 0.6) is 0 Å². The average Bonchev–Trinajstić information content (AvgIpc) is 3.20. The summed E-state index contributed by atoms with van der Waals surface area (Å²) < 4.78 is 6.89. The second kappa shape index (κ2) is 8.52. The Hall–Kier alpha value is -0.120. The van der Waals surface area contributed by atoms with Gasteiger partial charge in [-0.15, -0.1) is 0 Å². The third-order valence-electron chi connectivity index (χ3n) is 11.8. The van der Waals surface area contributed by atoms with E-state index in [1.807, 2.05) is 0 Å². The van der Waals surface area contributed by atoms with Gasteiger partial charge in [-0.05, 0) is 131 Å². The van der Waals surface area contributed by atoms with Crippen LogP contribution in [0.2, 0.25) is 0 Å². The Morgan fingerprint density at radius 2 is 1.75 bits per heavy atom. The van der Waals surface area contributed by atoms with E-state index >= 15 is 0 Å². The molecule has 5 fully saturated rings. The van der Waals surface area contributed by atoms with Crippen molar-refractivity contribution in [2.24, 2.45) is 52.3 Å². The third kappa shape index (κ3) is 3.72. The van der Waals surface area contributed by atoms with Crippen LogP contribution >= 0.6 is 0 Å². The molecule has 0 spiro atoms. The van der Waals surface area contributed by atoms with E-state index in [1.165, 1.54) is 57.9 Å². The lowest BCUT2D eigenvalue weighted by atomic mass is 9.44. The Labute approximate surface area is 198 Å². The minimum atomic E-state index is -0.0315. The largest absolute Gasteiger partial charge is 0.393 e. The molecule has 32 heavy (non-hydrogen) atoms. The van der Waals surface area contributed by atoms with Gasteiger partial charge in [-0.1, -0.05) is 27.7 Å². The first-order chi connectivity index (χ1) is 15.1. The molecule has 0 amide bonds.